The van der Waals surface area contributed by atoms with E-state index in [1.807, 2.05) is 36.3 Å². The largest absolute Gasteiger partial charge is 0.337 e. The Morgan fingerprint density at radius 3 is 2.85 bits per heavy atom. The van der Waals surface area contributed by atoms with Gasteiger partial charge >= 0.3 is 0 Å². The van der Waals surface area contributed by atoms with Gasteiger partial charge in [0.15, 0.2) is 0 Å². The molecule has 0 radical (unpaired) electrons. The van der Waals surface area contributed by atoms with Crippen molar-refractivity contribution < 1.29 is 0 Å². The van der Waals surface area contributed by atoms with Crippen LogP contribution in [0.4, 0.5) is 0 Å². The zero-order valence-electron chi connectivity index (χ0n) is 11.5. The van der Waals surface area contributed by atoms with Crippen LogP contribution in [0.3, 0.4) is 0 Å². The summed E-state index contributed by atoms with van der Waals surface area (Å²) in [5.41, 5.74) is 1.34. The van der Waals surface area contributed by atoms with Crippen LogP contribution in [0.1, 0.15) is 17.4 Å². The van der Waals surface area contributed by atoms with Gasteiger partial charge in [-0.1, -0.05) is 23.7 Å². The van der Waals surface area contributed by atoms with E-state index in [0.717, 1.165) is 29.7 Å². The molecule has 5 heteroatoms. The lowest BCUT2D eigenvalue weighted by molar-refractivity contribution is 0.205. The monoisotopic (exact) mass is 307 g/mol. The summed E-state index contributed by atoms with van der Waals surface area (Å²) in [6, 6.07) is 8.70. The molecule has 0 aliphatic carbocycles. The molecule has 106 valence electrons. The Bertz CT molecular complexity index is 567. The predicted octanol–water partition coefficient (Wildman–Crippen LogP) is 3.36. The number of rotatable bonds is 3. The molecule has 2 heterocycles. The highest BCUT2D eigenvalue weighted by atomic mass is 35.5. The standard InChI is InChI=1S/C15H18ClN3S/c1-18-7-6-17-15(18)10-19-8-9-20-11-14(19)12-2-4-13(16)5-3-12/h2-7,14H,8-11H2,1H3/t14-/m0/s1. The maximum atomic E-state index is 5.99. The van der Waals surface area contributed by atoms with E-state index in [0.29, 0.717) is 6.04 Å². The lowest BCUT2D eigenvalue weighted by Gasteiger charge is -2.35. The third-order valence-corrected chi connectivity index (χ3v) is 5.03. The third kappa shape index (κ3) is 3.03. The van der Waals surface area contributed by atoms with Gasteiger partial charge in [0, 0.05) is 48.6 Å². The number of nitrogens with zero attached hydrogens (tertiary/aromatic N) is 3. The van der Waals surface area contributed by atoms with E-state index in [1.165, 1.54) is 11.3 Å². The van der Waals surface area contributed by atoms with Crippen LogP contribution in [0, 0.1) is 0 Å². The lowest BCUT2D eigenvalue weighted by atomic mass is 10.1. The van der Waals surface area contributed by atoms with Gasteiger partial charge in [-0.3, -0.25) is 4.90 Å². The molecule has 0 spiro atoms. The molecule has 0 unspecified atom stereocenters. The van der Waals surface area contributed by atoms with Crippen LogP contribution in [-0.2, 0) is 13.6 Å². The van der Waals surface area contributed by atoms with Crippen molar-refractivity contribution >= 4 is 23.4 Å². The number of imidazole rings is 1. The number of aromatic nitrogens is 2. The first kappa shape index (κ1) is 14.0. The second kappa shape index (κ2) is 6.20. The van der Waals surface area contributed by atoms with Gasteiger partial charge in [-0.25, -0.2) is 4.98 Å². The summed E-state index contributed by atoms with van der Waals surface area (Å²) in [5, 5.41) is 0.799. The van der Waals surface area contributed by atoms with Crippen LogP contribution in [-0.4, -0.2) is 32.5 Å². The molecule has 2 aromatic rings. The van der Waals surface area contributed by atoms with Gasteiger partial charge in [0.05, 0.1) is 6.54 Å². The Kier molecular flexibility index (Phi) is 4.34. The van der Waals surface area contributed by atoms with Crippen LogP contribution >= 0.6 is 23.4 Å². The fraction of sp³-hybridized carbons (Fsp3) is 0.400. The zero-order chi connectivity index (χ0) is 13.9. The Labute approximate surface area is 128 Å². The highest BCUT2D eigenvalue weighted by molar-refractivity contribution is 7.99. The van der Waals surface area contributed by atoms with Crippen molar-refractivity contribution in [3.05, 3.63) is 53.1 Å². The topological polar surface area (TPSA) is 21.1 Å². The van der Waals surface area contributed by atoms with Crippen molar-refractivity contribution in [2.75, 3.05) is 18.1 Å². The van der Waals surface area contributed by atoms with Crippen LogP contribution in [0.2, 0.25) is 5.02 Å². The van der Waals surface area contributed by atoms with Crippen molar-refractivity contribution in [1.29, 1.82) is 0 Å². The van der Waals surface area contributed by atoms with Crippen LogP contribution in [0.5, 0.6) is 0 Å². The molecule has 0 N–H and O–H groups in total. The number of benzene rings is 1. The minimum atomic E-state index is 0.447. The van der Waals surface area contributed by atoms with E-state index in [9.17, 15) is 0 Å². The maximum absolute atomic E-state index is 5.99. The van der Waals surface area contributed by atoms with Gasteiger partial charge in [0.25, 0.3) is 0 Å². The van der Waals surface area contributed by atoms with E-state index in [-0.39, 0.29) is 0 Å². The Morgan fingerprint density at radius 2 is 2.15 bits per heavy atom. The molecule has 1 aliphatic rings. The number of aryl methyl sites for hydroxylation is 1. The molecule has 1 aromatic carbocycles. The van der Waals surface area contributed by atoms with Crippen molar-refractivity contribution in [3.63, 3.8) is 0 Å². The van der Waals surface area contributed by atoms with Gasteiger partial charge in [0.1, 0.15) is 5.82 Å². The molecule has 0 amide bonds. The summed E-state index contributed by atoms with van der Waals surface area (Å²) in [5.74, 6) is 3.44. The quantitative estimate of drug-likeness (QED) is 0.867. The first-order chi connectivity index (χ1) is 9.74. The molecule has 1 atom stereocenters. The molecule has 0 saturated carbocycles. The fourth-order valence-electron chi connectivity index (χ4n) is 2.55. The number of halogens is 1. The van der Waals surface area contributed by atoms with E-state index in [2.05, 4.69) is 33.6 Å². The second-order valence-electron chi connectivity index (χ2n) is 5.07. The van der Waals surface area contributed by atoms with Gasteiger partial charge in [-0.15, -0.1) is 0 Å². The summed E-state index contributed by atoms with van der Waals surface area (Å²) in [6.07, 6.45) is 3.87. The number of hydrogen-bond acceptors (Lipinski definition) is 3. The average molecular weight is 308 g/mol. The molecule has 1 saturated heterocycles. The second-order valence-corrected chi connectivity index (χ2v) is 6.65. The van der Waals surface area contributed by atoms with Crippen molar-refractivity contribution in [1.82, 2.24) is 14.5 Å². The summed E-state index contributed by atoms with van der Waals surface area (Å²) < 4.78 is 2.10. The minimum Gasteiger partial charge on any atom is -0.337 e. The third-order valence-electron chi connectivity index (χ3n) is 3.76. The van der Waals surface area contributed by atoms with Crippen LogP contribution < -0.4 is 0 Å². The minimum absolute atomic E-state index is 0.447. The molecule has 3 rings (SSSR count). The maximum Gasteiger partial charge on any atom is 0.122 e. The molecule has 1 aliphatic heterocycles. The molecule has 3 nitrogen and oxygen atoms in total. The van der Waals surface area contributed by atoms with Gasteiger partial charge in [0.2, 0.25) is 0 Å². The highest BCUT2D eigenvalue weighted by Crippen LogP contribution is 2.31. The van der Waals surface area contributed by atoms with Gasteiger partial charge in [-0.2, -0.15) is 11.8 Å². The summed E-state index contributed by atoms with van der Waals surface area (Å²) in [4.78, 5) is 6.96. The van der Waals surface area contributed by atoms with Gasteiger partial charge < -0.3 is 4.57 Å². The normalized spacial score (nSPS) is 20.2. The number of thioether (sulfide) groups is 1. The average Bonchev–Trinajstić information content (AvgIpc) is 2.86. The Balaban J connectivity index is 1.80. The van der Waals surface area contributed by atoms with Gasteiger partial charge in [-0.05, 0) is 17.7 Å². The van der Waals surface area contributed by atoms with E-state index >= 15 is 0 Å². The molecule has 1 aromatic heterocycles. The molecular weight excluding hydrogens is 290 g/mol. The van der Waals surface area contributed by atoms with E-state index < -0.39 is 0 Å². The summed E-state index contributed by atoms with van der Waals surface area (Å²) >= 11 is 8.01. The molecule has 1 fully saturated rings. The summed E-state index contributed by atoms with van der Waals surface area (Å²) in [7, 11) is 2.05. The predicted molar refractivity (Wildman–Crippen MR) is 85.1 cm³/mol. The van der Waals surface area contributed by atoms with E-state index in [1.54, 1.807) is 0 Å². The Hall–Kier alpha value is -0.970. The van der Waals surface area contributed by atoms with Crippen molar-refractivity contribution in [3.8, 4) is 0 Å². The van der Waals surface area contributed by atoms with Crippen molar-refractivity contribution in [2.24, 2.45) is 7.05 Å². The molecule has 0 bridgehead atoms. The highest BCUT2D eigenvalue weighted by Gasteiger charge is 2.25. The van der Waals surface area contributed by atoms with E-state index in [4.69, 9.17) is 11.6 Å². The zero-order valence-corrected chi connectivity index (χ0v) is 13.1. The fourth-order valence-corrected chi connectivity index (χ4v) is 3.83. The lowest BCUT2D eigenvalue weighted by Crippen LogP contribution is -2.36. The first-order valence-corrected chi connectivity index (χ1v) is 8.31. The van der Waals surface area contributed by atoms with Crippen LogP contribution in [0.25, 0.3) is 0 Å². The van der Waals surface area contributed by atoms with Crippen LogP contribution in [0.15, 0.2) is 36.7 Å². The molecular formula is C15H18ClN3S. The number of hydrogen-bond donors (Lipinski definition) is 0. The first-order valence-electron chi connectivity index (χ1n) is 6.77. The smallest absolute Gasteiger partial charge is 0.122 e. The van der Waals surface area contributed by atoms with Crippen molar-refractivity contribution in [2.45, 2.75) is 12.6 Å². The molecule has 20 heavy (non-hydrogen) atoms. The summed E-state index contributed by atoms with van der Waals surface area (Å²) in [6.45, 7) is 2.00. The SMILES string of the molecule is Cn1ccnc1CN1CCSC[C@H]1c1ccc(Cl)cc1. The Morgan fingerprint density at radius 1 is 1.35 bits per heavy atom.